The van der Waals surface area contributed by atoms with Crippen molar-refractivity contribution in [2.24, 2.45) is 0 Å². The molecular weight excluding hydrogens is 226 g/mol. The Morgan fingerprint density at radius 3 is 2.77 bits per heavy atom. The van der Waals surface area contributed by atoms with E-state index in [1.807, 2.05) is 12.1 Å². The Balaban J connectivity index is 2.52. The normalized spacial score (nSPS) is 10.2. The Morgan fingerprint density at radius 2 is 2.15 bits per heavy atom. The van der Waals surface area contributed by atoms with Crippen LogP contribution in [0.1, 0.15) is 0 Å². The molecule has 1 heterocycles. The third-order valence-electron chi connectivity index (χ3n) is 1.46. The summed E-state index contributed by atoms with van der Waals surface area (Å²) in [5.74, 6) is 0. The summed E-state index contributed by atoms with van der Waals surface area (Å²) < 4.78 is 0. The lowest BCUT2D eigenvalue weighted by molar-refractivity contribution is 1.36. The molecule has 0 unspecified atom stereocenters. The van der Waals surface area contributed by atoms with Crippen molar-refractivity contribution < 1.29 is 0 Å². The number of halogens is 1. The van der Waals surface area contributed by atoms with Gasteiger partial charge in [-0.1, -0.05) is 34.1 Å². The summed E-state index contributed by atoms with van der Waals surface area (Å²) in [5.41, 5.74) is 0.899. The summed E-state index contributed by atoms with van der Waals surface area (Å²) in [5, 5.41) is 1.39. The van der Waals surface area contributed by atoms with E-state index in [0.717, 1.165) is 20.9 Å². The van der Waals surface area contributed by atoms with Crippen LogP contribution in [-0.4, -0.2) is 4.98 Å². The van der Waals surface area contributed by atoms with Gasteiger partial charge in [-0.15, -0.1) is 0 Å². The Kier molecular flexibility index (Phi) is 2.44. The van der Waals surface area contributed by atoms with Crippen molar-refractivity contribution >= 4 is 32.3 Å². The van der Waals surface area contributed by atoms with Gasteiger partial charge >= 0.3 is 4.87 Å². The quantitative estimate of drug-likeness (QED) is 0.704. The summed E-state index contributed by atoms with van der Waals surface area (Å²) in [4.78, 5) is 14.5. The lowest BCUT2D eigenvalue weighted by Crippen LogP contribution is -1.91. The van der Waals surface area contributed by atoms with Crippen molar-refractivity contribution in [3.8, 4) is 10.6 Å². The summed E-state index contributed by atoms with van der Waals surface area (Å²) in [6.07, 6.45) is 0. The highest BCUT2D eigenvalue weighted by Gasteiger charge is 2.03. The fourth-order valence-corrected chi connectivity index (χ4v) is 2.76. The molecule has 0 bridgehead atoms. The van der Waals surface area contributed by atoms with Crippen molar-refractivity contribution in [2.75, 3.05) is 0 Å². The molecule has 0 spiro atoms. The average molecular weight is 230 g/mol. The van der Waals surface area contributed by atoms with E-state index in [1.165, 1.54) is 10.3 Å². The smallest absolute Gasteiger partial charge is 0.254 e. The number of nitrogens with zero attached hydrogens (tertiary/aromatic N) is 1. The molecule has 0 aliphatic carbocycles. The molecule has 0 radical (unpaired) electrons. The molecule has 0 amide bonds. The van der Waals surface area contributed by atoms with Gasteiger partial charge in [0.1, 0.15) is 5.01 Å². The van der Waals surface area contributed by atoms with Crippen LogP contribution in [0.2, 0.25) is 5.02 Å². The highest BCUT2D eigenvalue weighted by atomic mass is 35.5. The predicted octanol–water partition coefficient (Wildman–Crippen LogP) is 2.89. The van der Waals surface area contributed by atoms with Gasteiger partial charge in [0.05, 0.1) is 0 Å². The van der Waals surface area contributed by atoms with Crippen molar-refractivity contribution in [1.82, 2.24) is 4.98 Å². The van der Waals surface area contributed by atoms with Crippen LogP contribution in [0.5, 0.6) is 0 Å². The molecule has 0 fully saturated rings. The van der Waals surface area contributed by atoms with Gasteiger partial charge < -0.3 is 0 Å². The van der Waals surface area contributed by atoms with E-state index in [-0.39, 0.29) is 4.87 Å². The zero-order valence-corrected chi connectivity index (χ0v) is 8.75. The average Bonchev–Trinajstić information content (AvgIpc) is 2.52. The zero-order chi connectivity index (χ0) is 9.26. The van der Waals surface area contributed by atoms with Crippen molar-refractivity contribution in [3.63, 3.8) is 0 Å². The maximum Gasteiger partial charge on any atom is 0.337 e. The SMILES string of the molecule is O=c1nc(-c2cccc(Cl)c2)ss1. The van der Waals surface area contributed by atoms with Crippen molar-refractivity contribution in [1.29, 1.82) is 0 Å². The van der Waals surface area contributed by atoms with Gasteiger partial charge in [0, 0.05) is 10.6 Å². The third kappa shape index (κ3) is 1.96. The minimum Gasteiger partial charge on any atom is -0.254 e. The van der Waals surface area contributed by atoms with Gasteiger partial charge in [-0.2, -0.15) is 4.98 Å². The molecule has 1 aromatic carbocycles. The van der Waals surface area contributed by atoms with Crippen molar-refractivity contribution in [2.45, 2.75) is 0 Å². The zero-order valence-electron chi connectivity index (χ0n) is 6.36. The maximum atomic E-state index is 10.8. The van der Waals surface area contributed by atoms with E-state index in [1.54, 1.807) is 12.1 Å². The predicted molar refractivity (Wildman–Crippen MR) is 56.7 cm³/mol. The standard InChI is InChI=1S/C8H4ClNOS2/c9-6-3-1-2-5(4-6)7-10-8(11)13-12-7/h1-4H. The van der Waals surface area contributed by atoms with Gasteiger partial charge in [-0.3, -0.25) is 4.79 Å². The van der Waals surface area contributed by atoms with Crippen LogP contribution in [0.15, 0.2) is 29.1 Å². The number of rotatable bonds is 1. The number of aromatic nitrogens is 1. The maximum absolute atomic E-state index is 10.8. The third-order valence-corrected chi connectivity index (χ3v) is 3.64. The highest BCUT2D eigenvalue weighted by Crippen LogP contribution is 2.24. The van der Waals surface area contributed by atoms with Crippen LogP contribution in [-0.2, 0) is 0 Å². The fraction of sp³-hybridized carbons (Fsp3) is 0. The molecule has 2 aromatic rings. The fourth-order valence-electron chi connectivity index (χ4n) is 0.929. The minimum absolute atomic E-state index is 0.153. The summed E-state index contributed by atoms with van der Waals surface area (Å²) in [6.45, 7) is 0. The minimum atomic E-state index is -0.153. The summed E-state index contributed by atoms with van der Waals surface area (Å²) in [7, 11) is 2.51. The second-order valence-corrected chi connectivity index (χ2v) is 4.87. The van der Waals surface area contributed by atoms with Gasteiger partial charge in [0.2, 0.25) is 0 Å². The van der Waals surface area contributed by atoms with Crippen LogP contribution in [0.4, 0.5) is 0 Å². The monoisotopic (exact) mass is 229 g/mol. The molecule has 0 aliphatic rings. The van der Waals surface area contributed by atoms with E-state index in [4.69, 9.17) is 11.6 Å². The van der Waals surface area contributed by atoms with Crippen LogP contribution < -0.4 is 4.87 Å². The van der Waals surface area contributed by atoms with E-state index in [0.29, 0.717) is 5.02 Å². The number of hydrogen-bond acceptors (Lipinski definition) is 4. The first-order chi connectivity index (χ1) is 6.25. The second-order valence-electron chi connectivity index (χ2n) is 2.36. The number of hydrogen-bond donors (Lipinski definition) is 0. The molecule has 1 aromatic heterocycles. The van der Waals surface area contributed by atoms with Gasteiger partial charge in [0.15, 0.2) is 0 Å². The van der Waals surface area contributed by atoms with E-state index in [2.05, 4.69) is 4.98 Å². The molecule has 0 atom stereocenters. The highest BCUT2D eigenvalue weighted by molar-refractivity contribution is 7.69. The van der Waals surface area contributed by atoms with Gasteiger partial charge in [0.25, 0.3) is 0 Å². The van der Waals surface area contributed by atoms with Crippen LogP contribution in [0.3, 0.4) is 0 Å². The molecule has 5 heteroatoms. The second kappa shape index (κ2) is 3.57. The summed E-state index contributed by atoms with van der Waals surface area (Å²) in [6, 6.07) is 7.32. The molecule has 2 nitrogen and oxygen atoms in total. The van der Waals surface area contributed by atoms with E-state index < -0.39 is 0 Å². The Labute approximate surface area is 86.8 Å². The van der Waals surface area contributed by atoms with E-state index in [9.17, 15) is 4.79 Å². The van der Waals surface area contributed by atoms with Gasteiger partial charge in [-0.25, -0.2) is 0 Å². The lowest BCUT2D eigenvalue weighted by atomic mass is 10.2. The van der Waals surface area contributed by atoms with Gasteiger partial charge in [-0.05, 0) is 22.5 Å². The molecule has 2 rings (SSSR count). The Morgan fingerprint density at radius 1 is 1.31 bits per heavy atom. The molecule has 0 saturated carbocycles. The van der Waals surface area contributed by atoms with E-state index >= 15 is 0 Å². The Hall–Kier alpha value is -0.710. The topological polar surface area (TPSA) is 30.0 Å². The molecular formula is C8H4ClNOS2. The first-order valence-electron chi connectivity index (χ1n) is 3.49. The Bertz CT molecular complexity index is 477. The van der Waals surface area contributed by atoms with Crippen LogP contribution in [0.25, 0.3) is 10.6 Å². The van der Waals surface area contributed by atoms with Crippen LogP contribution >= 0.6 is 32.3 Å². The largest absolute Gasteiger partial charge is 0.337 e. The van der Waals surface area contributed by atoms with Crippen LogP contribution in [0, 0.1) is 0 Å². The first-order valence-corrected chi connectivity index (χ1v) is 6.01. The van der Waals surface area contributed by atoms with Crippen molar-refractivity contribution in [3.05, 3.63) is 39.0 Å². The molecule has 13 heavy (non-hydrogen) atoms. The molecule has 0 N–H and O–H groups in total. The molecule has 66 valence electrons. The molecule has 0 aliphatic heterocycles. The first kappa shape index (κ1) is 8.87. The molecule has 0 saturated heterocycles. The summed E-state index contributed by atoms with van der Waals surface area (Å²) >= 11 is 5.80. The lowest BCUT2D eigenvalue weighted by Gasteiger charge is -1.94. The number of benzene rings is 1.